The SMILES string of the molecule is CC(CN)CN1CCN(C2CCN(C)C2=O)CC1. The van der Waals surface area contributed by atoms with Crippen molar-refractivity contribution >= 4 is 5.91 Å². The van der Waals surface area contributed by atoms with Gasteiger partial charge in [-0.2, -0.15) is 0 Å². The Labute approximate surface area is 110 Å². The highest BCUT2D eigenvalue weighted by Crippen LogP contribution is 2.17. The normalized spacial score (nSPS) is 28.9. The van der Waals surface area contributed by atoms with E-state index >= 15 is 0 Å². The fourth-order valence-electron chi connectivity index (χ4n) is 2.92. The van der Waals surface area contributed by atoms with Crippen molar-refractivity contribution in [2.24, 2.45) is 11.7 Å². The second kappa shape index (κ2) is 5.99. The highest BCUT2D eigenvalue weighted by atomic mass is 16.2. The first-order valence-corrected chi connectivity index (χ1v) is 7.03. The van der Waals surface area contributed by atoms with Crippen LogP contribution in [0.3, 0.4) is 0 Å². The Morgan fingerprint density at radius 1 is 1.28 bits per heavy atom. The lowest BCUT2D eigenvalue weighted by molar-refractivity contribution is -0.131. The average Bonchev–Trinajstić information content (AvgIpc) is 2.71. The van der Waals surface area contributed by atoms with Crippen LogP contribution in [0.2, 0.25) is 0 Å². The van der Waals surface area contributed by atoms with Crippen molar-refractivity contribution in [2.45, 2.75) is 19.4 Å². The molecule has 18 heavy (non-hydrogen) atoms. The summed E-state index contributed by atoms with van der Waals surface area (Å²) >= 11 is 0. The summed E-state index contributed by atoms with van der Waals surface area (Å²) in [6.07, 6.45) is 0.995. The van der Waals surface area contributed by atoms with Gasteiger partial charge in [0.1, 0.15) is 0 Å². The Morgan fingerprint density at radius 3 is 2.44 bits per heavy atom. The van der Waals surface area contributed by atoms with Crippen LogP contribution in [0.15, 0.2) is 0 Å². The number of amides is 1. The van der Waals surface area contributed by atoms with Crippen molar-refractivity contribution in [2.75, 3.05) is 52.9 Å². The molecule has 0 aromatic heterocycles. The summed E-state index contributed by atoms with van der Waals surface area (Å²) in [5.41, 5.74) is 5.66. The highest BCUT2D eigenvalue weighted by Gasteiger charge is 2.35. The smallest absolute Gasteiger partial charge is 0.239 e. The fourth-order valence-corrected chi connectivity index (χ4v) is 2.92. The maximum absolute atomic E-state index is 12.0. The van der Waals surface area contributed by atoms with Gasteiger partial charge in [0.15, 0.2) is 0 Å². The molecule has 2 atom stereocenters. The van der Waals surface area contributed by atoms with E-state index in [4.69, 9.17) is 5.73 Å². The van der Waals surface area contributed by atoms with Gasteiger partial charge in [0.05, 0.1) is 6.04 Å². The maximum Gasteiger partial charge on any atom is 0.239 e. The summed E-state index contributed by atoms with van der Waals surface area (Å²) in [4.78, 5) is 18.6. The van der Waals surface area contributed by atoms with Gasteiger partial charge in [0, 0.05) is 46.3 Å². The Kier molecular flexibility index (Phi) is 4.59. The summed E-state index contributed by atoms with van der Waals surface area (Å²) in [6.45, 7) is 9.11. The quantitative estimate of drug-likeness (QED) is 0.730. The zero-order valence-corrected chi connectivity index (χ0v) is 11.6. The third-order valence-electron chi connectivity index (χ3n) is 4.22. The van der Waals surface area contributed by atoms with Gasteiger partial charge < -0.3 is 15.5 Å². The van der Waals surface area contributed by atoms with Crippen molar-refractivity contribution in [1.82, 2.24) is 14.7 Å². The van der Waals surface area contributed by atoms with Gasteiger partial charge in [-0.3, -0.25) is 9.69 Å². The minimum Gasteiger partial charge on any atom is -0.344 e. The van der Waals surface area contributed by atoms with Gasteiger partial charge in [0.2, 0.25) is 5.91 Å². The summed E-state index contributed by atoms with van der Waals surface area (Å²) in [6, 6.07) is 0.143. The molecule has 2 heterocycles. The molecule has 2 N–H and O–H groups in total. The van der Waals surface area contributed by atoms with Crippen LogP contribution in [-0.2, 0) is 4.79 Å². The molecule has 2 saturated heterocycles. The fraction of sp³-hybridized carbons (Fsp3) is 0.923. The van der Waals surface area contributed by atoms with Gasteiger partial charge in [-0.05, 0) is 18.9 Å². The number of likely N-dealkylation sites (N-methyl/N-ethyl adjacent to an activating group) is 1. The van der Waals surface area contributed by atoms with Crippen molar-refractivity contribution in [3.05, 3.63) is 0 Å². The predicted molar refractivity (Wildman–Crippen MR) is 72.3 cm³/mol. The average molecular weight is 254 g/mol. The molecule has 0 aliphatic carbocycles. The number of hydrogen-bond donors (Lipinski definition) is 1. The van der Waals surface area contributed by atoms with Crippen LogP contribution in [0.25, 0.3) is 0 Å². The maximum atomic E-state index is 12.0. The molecule has 2 aliphatic rings. The number of carbonyl (C=O) groups excluding carboxylic acids is 1. The van der Waals surface area contributed by atoms with E-state index in [1.807, 2.05) is 11.9 Å². The number of hydrogen-bond acceptors (Lipinski definition) is 4. The molecule has 0 aromatic carbocycles. The van der Waals surface area contributed by atoms with Crippen molar-refractivity contribution in [3.8, 4) is 0 Å². The van der Waals surface area contributed by atoms with E-state index in [1.54, 1.807) is 0 Å². The topological polar surface area (TPSA) is 52.8 Å². The Balaban J connectivity index is 1.78. The highest BCUT2D eigenvalue weighted by molar-refractivity contribution is 5.83. The van der Waals surface area contributed by atoms with Crippen molar-refractivity contribution in [1.29, 1.82) is 0 Å². The molecule has 2 aliphatic heterocycles. The molecule has 0 bridgehead atoms. The number of nitrogens with zero attached hydrogens (tertiary/aromatic N) is 3. The molecule has 5 nitrogen and oxygen atoms in total. The summed E-state index contributed by atoms with van der Waals surface area (Å²) < 4.78 is 0. The molecular formula is C13H26N4O. The van der Waals surface area contributed by atoms with E-state index in [1.165, 1.54) is 0 Å². The first kappa shape index (κ1) is 13.8. The van der Waals surface area contributed by atoms with E-state index in [9.17, 15) is 4.79 Å². The largest absolute Gasteiger partial charge is 0.344 e. The molecule has 104 valence electrons. The van der Waals surface area contributed by atoms with E-state index in [0.717, 1.165) is 52.2 Å². The Hall–Kier alpha value is -0.650. The minimum atomic E-state index is 0.143. The van der Waals surface area contributed by atoms with Crippen LogP contribution in [0, 0.1) is 5.92 Å². The molecule has 2 fully saturated rings. The van der Waals surface area contributed by atoms with E-state index < -0.39 is 0 Å². The number of piperazine rings is 1. The monoisotopic (exact) mass is 254 g/mol. The van der Waals surface area contributed by atoms with E-state index in [-0.39, 0.29) is 6.04 Å². The van der Waals surface area contributed by atoms with Crippen molar-refractivity contribution < 1.29 is 4.79 Å². The third-order valence-corrected chi connectivity index (χ3v) is 4.22. The molecule has 0 spiro atoms. The molecule has 1 amide bonds. The molecule has 5 heteroatoms. The zero-order chi connectivity index (χ0) is 13.1. The number of nitrogens with two attached hydrogens (primary N) is 1. The Morgan fingerprint density at radius 2 is 1.94 bits per heavy atom. The van der Waals surface area contributed by atoms with Crippen LogP contribution >= 0.6 is 0 Å². The standard InChI is InChI=1S/C13H26N4O/c1-11(9-14)10-16-5-7-17(8-6-16)12-3-4-15(2)13(12)18/h11-12H,3-10,14H2,1-2H3. The van der Waals surface area contributed by atoms with Crippen LogP contribution in [0.5, 0.6) is 0 Å². The van der Waals surface area contributed by atoms with Gasteiger partial charge in [0.25, 0.3) is 0 Å². The third kappa shape index (κ3) is 3.02. The van der Waals surface area contributed by atoms with Crippen molar-refractivity contribution in [3.63, 3.8) is 0 Å². The summed E-state index contributed by atoms with van der Waals surface area (Å²) in [5.74, 6) is 0.870. The molecule has 2 rings (SSSR count). The number of likely N-dealkylation sites (tertiary alicyclic amines) is 1. The van der Waals surface area contributed by atoms with Crippen LogP contribution < -0.4 is 5.73 Å². The first-order valence-electron chi connectivity index (χ1n) is 7.03. The zero-order valence-electron chi connectivity index (χ0n) is 11.6. The van der Waals surface area contributed by atoms with Gasteiger partial charge >= 0.3 is 0 Å². The van der Waals surface area contributed by atoms with Gasteiger partial charge in [-0.1, -0.05) is 6.92 Å². The number of rotatable bonds is 4. The molecule has 0 saturated carbocycles. The number of carbonyl (C=O) groups is 1. The molecule has 0 aromatic rings. The summed E-state index contributed by atoms with van der Waals surface area (Å²) in [7, 11) is 1.90. The van der Waals surface area contributed by atoms with Gasteiger partial charge in [-0.25, -0.2) is 0 Å². The van der Waals surface area contributed by atoms with E-state index in [2.05, 4.69) is 16.7 Å². The first-order chi connectivity index (χ1) is 8.61. The predicted octanol–water partition coefficient (Wildman–Crippen LogP) is -0.570. The van der Waals surface area contributed by atoms with Crippen LogP contribution in [0.4, 0.5) is 0 Å². The van der Waals surface area contributed by atoms with Gasteiger partial charge in [-0.15, -0.1) is 0 Å². The molecule has 2 unspecified atom stereocenters. The summed E-state index contributed by atoms with van der Waals surface area (Å²) in [5, 5.41) is 0. The van der Waals surface area contributed by atoms with Crippen LogP contribution in [0.1, 0.15) is 13.3 Å². The second-order valence-corrected chi connectivity index (χ2v) is 5.74. The minimum absolute atomic E-state index is 0.143. The van der Waals surface area contributed by atoms with Crippen LogP contribution in [-0.4, -0.2) is 79.5 Å². The molecule has 0 radical (unpaired) electrons. The lowest BCUT2D eigenvalue weighted by atomic mass is 10.1. The second-order valence-electron chi connectivity index (χ2n) is 5.74. The lowest BCUT2D eigenvalue weighted by Crippen LogP contribution is -2.53. The van der Waals surface area contributed by atoms with E-state index in [0.29, 0.717) is 11.8 Å². The molecular weight excluding hydrogens is 228 g/mol. The lowest BCUT2D eigenvalue weighted by Gasteiger charge is -2.38. The Bertz CT molecular complexity index is 289.